The molecule has 0 saturated carbocycles. The minimum atomic E-state index is -0.154. The molecule has 2 amide bonds. The normalized spacial score (nSPS) is 19.4. The Balaban J connectivity index is 2.36. The third-order valence-corrected chi connectivity index (χ3v) is 2.97. The summed E-state index contributed by atoms with van der Waals surface area (Å²) >= 11 is 0. The lowest BCUT2D eigenvalue weighted by atomic mass is 9.95. The summed E-state index contributed by atoms with van der Waals surface area (Å²) in [5.74, 6) is 0. The minimum Gasteiger partial charge on any atom is -0.399 e. The van der Waals surface area contributed by atoms with E-state index in [-0.39, 0.29) is 11.6 Å². The monoisotopic (exact) mass is 219 g/mol. The number of amides is 2. The number of nitrogens with one attached hydrogen (secondary N) is 1. The van der Waals surface area contributed by atoms with Crippen molar-refractivity contribution in [2.75, 3.05) is 17.2 Å². The van der Waals surface area contributed by atoms with Gasteiger partial charge in [-0.2, -0.15) is 0 Å². The number of anilines is 2. The molecule has 4 nitrogen and oxygen atoms in total. The van der Waals surface area contributed by atoms with E-state index in [1.165, 1.54) is 0 Å². The average Bonchev–Trinajstić information content (AvgIpc) is 2.19. The van der Waals surface area contributed by atoms with Gasteiger partial charge in [-0.3, -0.25) is 4.90 Å². The van der Waals surface area contributed by atoms with Crippen molar-refractivity contribution in [3.05, 3.63) is 24.3 Å². The lowest BCUT2D eigenvalue weighted by Crippen LogP contribution is -2.58. The number of benzene rings is 1. The Bertz CT molecular complexity index is 397. The van der Waals surface area contributed by atoms with Gasteiger partial charge in [-0.15, -0.1) is 0 Å². The summed E-state index contributed by atoms with van der Waals surface area (Å²) in [7, 11) is 0. The van der Waals surface area contributed by atoms with E-state index < -0.39 is 0 Å². The molecule has 0 radical (unpaired) electrons. The van der Waals surface area contributed by atoms with Crippen LogP contribution in [0, 0.1) is 0 Å². The maximum atomic E-state index is 11.9. The summed E-state index contributed by atoms with van der Waals surface area (Å²) in [6.07, 6.45) is 0.934. The zero-order chi connectivity index (χ0) is 11.8. The summed E-state index contributed by atoms with van der Waals surface area (Å²) in [5.41, 5.74) is 7.08. The van der Waals surface area contributed by atoms with E-state index in [4.69, 9.17) is 5.73 Å². The van der Waals surface area contributed by atoms with Crippen LogP contribution in [0.15, 0.2) is 24.3 Å². The van der Waals surface area contributed by atoms with Crippen molar-refractivity contribution in [2.24, 2.45) is 0 Å². The number of nitrogens with two attached hydrogens (primary N) is 1. The van der Waals surface area contributed by atoms with E-state index in [1.807, 2.05) is 24.3 Å². The van der Waals surface area contributed by atoms with Gasteiger partial charge in [0.1, 0.15) is 0 Å². The SMILES string of the molecule is CC1(C)CCNC(=O)N1c1ccc(N)cc1. The Morgan fingerprint density at radius 2 is 1.94 bits per heavy atom. The molecule has 0 aromatic heterocycles. The van der Waals surface area contributed by atoms with E-state index >= 15 is 0 Å². The zero-order valence-corrected chi connectivity index (χ0v) is 9.66. The highest BCUT2D eigenvalue weighted by atomic mass is 16.2. The van der Waals surface area contributed by atoms with Crippen LogP contribution in [0.5, 0.6) is 0 Å². The third-order valence-electron chi connectivity index (χ3n) is 2.97. The van der Waals surface area contributed by atoms with Gasteiger partial charge < -0.3 is 11.1 Å². The van der Waals surface area contributed by atoms with E-state index in [2.05, 4.69) is 19.2 Å². The number of rotatable bonds is 1. The second-order valence-corrected chi connectivity index (χ2v) is 4.72. The molecule has 0 unspecified atom stereocenters. The first kappa shape index (κ1) is 10.8. The lowest BCUT2D eigenvalue weighted by Gasteiger charge is -2.42. The molecule has 1 heterocycles. The average molecular weight is 219 g/mol. The van der Waals surface area contributed by atoms with Crippen molar-refractivity contribution >= 4 is 17.4 Å². The summed E-state index contributed by atoms with van der Waals surface area (Å²) in [4.78, 5) is 13.7. The predicted molar refractivity (Wildman–Crippen MR) is 65.4 cm³/mol. The first-order valence-electron chi connectivity index (χ1n) is 5.44. The topological polar surface area (TPSA) is 58.4 Å². The van der Waals surface area contributed by atoms with E-state index in [1.54, 1.807) is 4.90 Å². The highest BCUT2D eigenvalue weighted by Gasteiger charge is 2.35. The molecule has 0 spiro atoms. The van der Waals surface area contributed by atoms with Crippen LogP contribution in [0.25, 0.3) is 0 Å². The Kier molecular flexibility index (Phi) is 2.50. The van der Waals surface area contributed by atoms with Gasteiger partial charge in [0.2, 0.25) is 0 Å². The van der Waals surface area contributed by atoms with Gasteiger partial charge in [-0.25, -0.2) is 4.79 Å². The van der Waals surface area contributed by atoms with Gasteiger partial charge >= 0.3 is 6.03 Å². The molecule has 3 N–H and O–H groups in total. The number of hydrogen-bond donors (Lipinski definition) is 2. The summed E-state index contributed by atoms with van der Waals surface area (Å²) in [5, 5.41) is 2.86. The second-order valence-electron chi connectivity index (χ2n) is 4.72. The zero-order valence-electron chi connectivity index (χ0n) is 9.66. The van der Waals surface area contributed by atoms with Gasteiger partial charge in [-0.1, -0.05) is 0 Å². The Morgan fingerprint density at radius 3 is 2.50 bits per heavy atom. The number of carbonyl (C=O) groups excluding carboxylic acids is 1. The van der Waals surface area contributed by atoms with Gasteiger partial charge in [-0.05, 0) is 44.5 Å². The smallest absolute Gasteiger partial charge is 0.322 e. The van der Waals surface area contributed by atoms with Crippen LogP contribution >= 0.6 is 0 Å². The van der Waals surface area contributed by atoms with Gasteiger partial charge in [0.25, 0.3) is 0 Å². The molecule has 0 bridgehead atoms. The van der Waals surface area contributed by atoms with Crippen molar-refractivity contribution in [1.29, 1.82) is 0 Å². The van der Waals surface area contributed by atoms with Crippen LogP contribution in [-0.4, -0.2) is 18.1 Å². The fraction of sp³-hybridized carbons (Fsp3) is 0.417. The number of carbonyl (C=O) groups is 1. The van der Waals surface area contributed by atoms with Crippen molar-refractivity contribution < 1.29 is 4.79 Å². The van der Waals surface area contributed by atoms with E-state index in [0.29, 0.717) is 5.69 Å². The van der Waals surface area contributed by atoms with Crippen LogP contribution in [0.2, 0.25) is 0 Å². The molecule has 1 aromatic carbocycles. The molecule has 0 aliphatic carbocycles. The van der Waals surface area contributed by atoms with Crippen molar-refractivity contribution in [1.82, 2.24) is 5.32 Å². The molecule has 1 aliphatic heterocycles. The molecular formula is C12H17N3O. The maximum absolute atomic E-state index is 11.9. The van der Waals surface area contributed by atoms with E-state index in [9.17, 15) is 4.79 Å². The van der Waals surface area contributed by atoms with Crippen LogP contribution in [0.1, 0.15) is 20.3 Å². The quantitative estimate of drug-likeness (QED) is 0.709. The molecule has 86 valence electrons. The Morgan fingerprint density at radius 1 is 1.31 bits per heavy atom. The standard InChI is InChI=1S/C12H17N3O/c1-12(2)7-8-14-11(16)15(12)10-5-3-9(13)4-6-10/h3-6H,7-8,13H2,1-2H3,(H,14,16). The Hall–Kier alpha value is -1.71. The molecule has 1 aromatic rings. The van der Waals surface area contributed by atoms with Crippen molar-refractivity contribution in [2.45, 2.75) is 25.8 Å². The summed E-state index contributed by atoms with van der Waals surface area (Å²) < 4.78 is 0. The molecule has 16 heavy (non-hydrogen) atoms. The maximum Gasteiger partial charge on any atom is 0.322 e. The van der Waals surface area contributed by atoms with Crippen molar-refractivity contribution in [3.63, 3.8) is 0 Å². The first-order chi connectivity index (χ1) is 7.50. The third kappa shape index (κ3) is 1.83. The fourth-order valence-electron chi connectivity index (χ4n) is 2.03. The number of hydrogen-bond acceptors (Lipinski definition) is 2. The summed E-state index contributed by atoms with van der Waals surface area (Å²) in [6, 6.07) is 7.34. The highest BCUT2D eigenvalue weighted by molar-refractivity contribution is 5.94. The van der Waals surface area contributed by atoms with Gasteiger partial charge in [0.15, 0.2) is 0 Å². The molecule has 4 heteroatoms. The number of urea groups is 1. The molecule has 1 aliphatic rings. The van der Waals surface area contributed by atoms with Crippen LogP contribution < -0.4 is 16.0 Å². The van der Waals surface area contributed by atoms with Crippen LogP contribution in [-0.2, 0) is 0 Å². The Labute approximate surface area is 95.4 Å². The van der Waals surface area contributed by atoms with E-state index in [0.717, 1.165) is 18.7 Å². The van der Waals surface area contributed by atoms with Gasteiger partial charge in [0.05, 0.1) is 0 Å². The van der Waals surface area contributed by atoms with Crippen LogP contribution in [0.4, 0.5) is 16.2 Å². The second kappa shape index (κ2) is 3.70. The highest BCUT2D eigenvalue weighted by Crippen LogP contribution is 2.29. The molecule has 2 rings (SSSR count). The predicted octanol–water partition coefficient (Wildman–Crippen LogP) is 1.97. The van der Waals surface area contributed by atoms with Crippen molar-refractivity contribution in [3.8, 4) is 0 Å². The number of nitrogen functional groups attached to an aromatic ring is 1. The van der Waals surface area contributed by atoms with Crippen LogP contribution in [0.3, 0.4) is 0 Å². The molecular weight excluding hydrogens is 202 g/mol. The minimum absolute atomic E-state index is 0.0407. The van der Waals surface area contributed by atoms with Gasteiger partial charge in [0, 0.05) is 23.5 Å². The number of nitrogens with zero attached hydrogens (tertiary/aromatic N) is 1. The molecule has 1 saturated heterocycles. The molecule has 1 fully saturated rings. The lowest BCUT2D eigenvalue weighted by molar-refractivity contribution is 0.230. The summed E-state index contributed by atoms with van der Waals surface area (Å²) in [6.45, 7) is 4.88. The largest absolute Gasteiger partial charge is 0.399 e. The fourth-order valence-corrected chi connectivity index (χ4v) is 2.03. The molecule has 0 atom stereocenters. The first-order valence-corrected chi connectivity index (χ1v) is 5.44.